The zero-order chi connectivity index (χ0) is 16.1. The second-order valence-electron chi connectivity index (χ2n) is 3.85. The van der Waals surface area contributed by atoms with E-state index in [1.165, 1.54) is 12.1 Å². The first-order valence-corrected chi connectivity index (χ1v) is 8.65. The molecule has 0 aromatic carbocycles. The molecule has 5 nitrogen and oxygen atoms in total. The van der Waals surface area contributed by atoms with Crippen molar-refractivity contribution in [2.75, 3.05) is 19.8 Å². The van der Waals surface area contributed by atoms with E-state index >= 15 is 0 Å². The van der Waals surface area contributed by atoms with Crippen molar-refractivity contribution in [1.82, 2.24) is 5.32 Å². The lowest BCUT2D eigenvalue weighted by atomic mass is 10.3. The molecule has 120 valence electrons. The predicted octanol–water partition coefficient (Wildman–Crippen LogP) is 1.91. The summed E-state index contributed by atoms with van der Waals surface area (Å²) >= 11 is 0.854. The molecule has 0 saturated heterocycles. The number of hydrogen-bond donors (Lipinski definition) is 1. The van der Waals surface area contributed by atoms with Crippen LogP contribution in [0.1, 0.15) is 4.88 Å². The maximum atomic E-state index is 11.8. The fourth-order valence-corrected chi connectivity index (χ4v) is 3.38. The maximum absolute atomic E-state index is 11.8. The van der Waals surface area contributed by atoms with E-state index in [2.05, 4.69) is 10.1 Å². The van der Waals surface area contributed by atoms with Crippen LogP contribution in [0.25, 0.3) is 0 Å². The number of thiophene rings is 1. The van der Waals surface area contributed by atoms with Crippen LogP contribution >= 0.6 is 22.0 Å². The molecule has 0 aliphatic carbocycles. The number of hydrogen-bond acceptors (Lipinski definition) is 5. The first kappa shape index (κ1) is 18.2. The number of amides is 1. The van der Waals surface area contributed by atoms with Gasteiger partial charge in [0.2, 0.25) is 5.91 Å². The van der Waals surface area contributed by atoms with Crippen LogP contribution < -0.4 is 5.32 Å². The molecule has 11 heteroatoms. The molecule has 0 aliphatic heterocycles. The second-order valence-corrected chi connectivity index (χ2v) is 7.81. The van der Waals surface area contributed by atoms with Crippen molar-refractivity contribution in [3.8, 4) is 0 Å². The summed E-state index contributed by atoms with van der Waals surface area (Å²) in [6, 6.07) is 2.72. The predicted molar refractivity (Wildman–Crippen MR) is 70.9 cm³/mol. The van der Waals surface area contributed by atoms with Crippen LogP contribution in [0.2, 0.25) is 0 Å². The molecule has 21 heavy (non-hydrogen) atoms. The van der Waals surface area contributed by atoms with Crippen molar-refractivity contribution < 1.29 is 31.1 Å². The van der Waals surface area contributed by atoms with Gasteiger partial charge in [0.1, 0.15) is 10.8 Å². The molecule has 1 aromatic heterocycles. The van der Waals surface area contributed by atoms with Crippen LogP contribution in [0.3, 0.4) is 0 Å². The molecule has 1 aromatic rings. The minimum atomic E-state index is -4.40. The van der Waals surface area contributed by atoms with Gasteiger partial charge in [0.05, 0.1) is 13.0 Å². The fraction of sp³-hybridized carbons (Fsp3) is 0.500. The highest BCUT2D eigenvalue weighted by Gasteiger charge is 2.27. The van der Waals surface area contributed by atoms with Crippen LogP contribution in [0.5, 0.6) is 0 Å². The number of rotatable bonds is 7. The minimum absolute atomic E-state index is 0.0685. The SMILES string of the molecule is O=C(Cc1ccc(S(=O)(=O)Cl)s1)NCCOCC(F)(F)F. The van der Waals surface area contributed by atoms with Crippen molar-refractivity contribution in [1.29, 1.82) is 0 Å². The normalized spacial score (nSPS) is 12.4. The third-order valence-corrected chi connectivity index (χ3v) is 5.22. The van der Waals surface area contributed by atoms with E-state index < -0.39 is 27.7 Å². The van der Waals surface area contributed by atoms with E-state index in [1.54, 1.807) is 0 Å². The lowest BCUT2D eigenvalue weighted by molar-refractivity contribution is -0.173. The number of carbonyl (C=O) groups is 1. The van der Waals surface area contributed by atoms with Crippen molar-refractivity contribution >= 4 is 37.0 Å². The molecule has 0 saturated carbocycles. The van der Waals surface area contributed by atoms with Gasteiger partial charge in [-0.3, -0.25) is 4.79 Å². The van der Waals surface area contributed by atoms with Gasteiger partial charge in [-0.05, 0) is 12.1 Å². The van der Waals surface area contributed by atoms with Gasteiger partial charge in [-0.15, -0.1) is 11.3 Å². The van der Waals surface area contributed by atoms with E-state index in [9.17, 15) is 26.4 Å². The number of nitrogens with one attached hydrogen (secondary N) is 1. The average Bonchev–Trinajstić information content (AvgIpc) is 2.75. The molecule has 0 aliphatic rings. The van der Waals surface area contributed by atoms with E-state index in [1.807, 2.05) is 0 Å². The first-order valence-electron chi connectivity index (χ1n) is 5.52. The average molecular weight is 366 g/mol. The molecule has 1 rings (SSSR count). The molecular weight excluding hydrogens is 355 g/mol. The molecule has 0 bridgehead atoms. The van der Waals surface area contributed by atoms with E-state index in [0.29, 0.717) is 4.88 Å². The topological polar surface area (TPSA) is 72.5 Å². The van der Waals surface area contributed by atoms with Crippen LogP contribution in [-0.4, -0.2) is 40.3 Å². The molecule has 0 atom stereocenters. The van der Waals surface area contributed by atoms with Crippen LogP contribution in [0.15, 0.2) is 16.3 Å². The maximum Gasteiger partial charge on any atom is 0.411 e. The summed E-state index contributed by atoms with van der Waals surface area (Å²) in [4.78, 5) is 11.9. The summed E-state index contributed by atoms with van der Waals surface area (Å²) < 4.78 is 61.6. The Morgan fingerprint density at radius 2 is 2.05 bits per heavy atom. The fourth-order valence-electron chi connectivity index (χ4n) is 1.26. The van der Waals surface area contributed by atoms with Crippen LogP contribution in [-0.2, 0) is 25.0 Å². The van der Waals surface area contributed by atoms with E-state index in [-0.39, 0.29) is 23.8 Å². The van der Waals surface area contributed by atoms with Gasteiger partial charge in [0, 0.05) is 22.1 Å². The minimum Gasteiger partial charge on any atom is -0.370 e. The number of carbonyl (C=O) groups excluding carboxylic acids is 1. The Morgan fingerprint density at radius 3 is 2.57 bits per heavy atom. The Hall–Kier alpha value is -0.840. The molecule has 1 N–H and O–H groups in total. The van der Waals surface area contributed by atoms with Gasteiger partial charge in [-0.2, -0.15) is 13.2 Å². The number of halogens is 4. The van der Waals surface area contributed by atoms with Gasteiger partial charge in [0.25, 0.3) is 9.05 Å². The monoisotopic (exact) mass is 365 g/mol. The van der Waals surface area contributed by atoms with Gasteiger partial charge in [-0.25, -0.2) is 8.42 Å². The first-order chi connectivity index (χ1) is 9.58. The van der Waals surface area contributed by atoms with Crippen molar-refractivity contribution in [2.24, 2.45) is 0 Å². The molecule has 1 heterocycles. The summed E-state index contributed by atoms with van der Waals surface area (Å²) in [5.41, 5.74) is 0. The second kappa shape index (κ2) is 7.43. The smallest absolute Gasteiger partial charge is 0.370 e. The molecule has 1 amide bonds. The Balaban J connectivity index is 2.30. The van der Waals surface area contributed by atoms with Crippen LogP contribution in [0.4, 0.5) is 13.2 Å². The Kier molecular flexibility index (Phi) is 6.44. The third kappa shape index (κ3) is 7.65. The number of alkyl halides is 3. The van der Waals surface area contributed by atoms with Gasteiger partial charge in [-0.1, -0.05) is 0 Å². The quantitative estimate of drug-likeness (QED) is 0.592. The zero-order valence-corrected chi connectivity index (χ0v) is 12.8. The Bertz CT molecular complexity index is 585. The van der Waals surface area contributed by atoms with Crippen molar-refractivity contribution in [2.45, 2.75) is 16.8 Å². The molecule has 0 unspecified atom stereocenters. The third-order valence-electron chi connectivity index (χ3n) is 2.05. The van der Waals surface area contributed by atoms with E-state index in [4.69, 9.17) is 10.7 Å². The summed E-state index contributed by atoms with van der Waals surface area (Å²) in [5, 5.41) is 2.36. The Labute approximate surface area is 127 Å². The molecule has 0 fully saturated rings. The highest BCUT2D eigenvalue weighted by Crippen LogP contribution is 2.24. The highest BCUT2D eigenvalue weighted by molar-refractivity contribution is 8.15. The standard InChI is InChI=1S/C10H11ClF3NO4S2/c11-21(17,18)9-2-1-7(20-9)5-8(16)15-3-4-19-6-10(12,13)14/h1-2H,3-6H2,(H,15,16). The van der Waals surface area contributed by atoms with Crippen molar-refractivity contribution in [3.63, 3.8) is 0 Å². The number of ether oxygens (including phenoxy) is 1. The molecule has 0 spiro atoms. The lowest BCUT2D eigenvalue weighted by Gasteiger charge is -2.08. The van der Waals surface area contributed by atoms with E-state index in [0.717, 1.165) is 11.3 Å². The summed E-state index contributed by atoms with van der Waals surface area (Å²) in [6.45, 7) is -1.71. The van der Waals surface area contributed by atoms with Crippen LogP contribution in [0, 0.1) is 0 Å². The summed E-state index contributed by atoms with van der Waals surface area (Å²) in [7, 11) is 1.31. The van der Waals surface area contributed by atoms with Gasteiger partial charge >= 0.3 is 6.18 Å². The molecule has 0 radical (unpaired) electrons. The zero-order valence-electron chi connectivity index (χ0n) is 10.4. The highest BCUT2D eigenvalue weighted by atomic mass is 35.7. The van der Waals surface area contributed by atoms with Gasteiger partial charge < -0.3 is 10.1 Å². The Morgan fingerprint density at radius 1 is 1.38 bits per heavy atom. The van der Waals surface area contributed by atoms with Gasteiger partial charge in [0.15, 0.2) is 0 Å². The molecular formula is C10H11ClF3NO4S2. The van der Waals surface area contributed by atoms with Crippen molar-refractivity contribution in [3.05, 3.63) is 17.0 Å². The largest absolute Gasteiger partial charge is 0.411 e. The lowest BCUT2D eigenvalue weighted by Crippen LogP contribution is -2.29. The summed E-state index contributed by atoms with van der Waals surface area (Å²) in [6.07, 6.45) is -4.49. The summed E-state index contributed by atoms with van der Waals surface area (Å²) in [5.74, 6) is -0.453.